The maximum absolute atomic E-state index is 12.7. The lowest BCUT2D eigenvalue weighted by molar-refractivity contribution is -0.131. The highest BCUT2D eigenvalue weighted by Crippen LogP contribution is 2.21. The minimum Gasteiger partial charge on any atom is -0.484 e. The fourth-order valence-electron chi connectivity index (χ4n) is 2.54. The number of rotatable bonds is 6. The summed E-state index contributed by atoms with van der Waals surface area (Å²) >= 11 is 1.66. The summed E-state index contributed by atoms with van der Waals surface area (Å²) in [5.41, 5.74) is 2.14. The number of carbonyl (C=O) groups excluding carboxylic acids is 1. The molecule has 0 N–H and O–H groups in total. The molecule has 1 aromatic carbocycles. The molecule has 2 aromatic rings. The predicted octanol–water partition coefficient (Wildman–Crippen LogP) is 4.70. The lowest BCUT2D eigenvalue weighted by Gasteiger charge is -2.25. The van der Waals surface area contributed by atoms with Gasteiger partial charge in [0.15, 0.2) is 6.61 Å². The molecule has 3 nitrogen and oxygen atoms in total. The molecule has 0 atom stereocenters. The molecule has 0 bridgehead atoms. The molecule has 3 rings (SSSR count). The zero-order valence-corrected chi connectivity index (χ0v) is 14.6. The van der Waals surface area contributed by atoms with Gasteiger partial charge in [-0.2, -0.15) is 0 Å². The molecule has 1 amide bonds. The average Bonchev–Trinajstić information content (AvgIpc) is 3.13. The number of carbonyl (C=O) groups is 1. The SMILES string of the molecule is Cc1ccc(OCC(=O)N(Cc2cccs2)C2=CCCC=C2)cc1. The monoisotopic (exact) mass is 339 g/mol. The Kier molecular flexibility index (Phi) is 5.49. The van der Waals surface area contributed by atoms with Crippen molar-refractivity contribution in [3.05, 3.63) is 76.1 Å². The van der Waals surface area contributed by atoms with Gasteiger partial charge in [0.25, 0.3) is 5.91 Å². The van der Waals surface area contributed by atoms with Crippen LogP contribution < -0.4 is 4.74 Å². The molecule has 0 saturated heterocycles. The van der Waals surface area contributed by atoms with E-state index in [4.69, 9.17) is 4.74 Å². The second-order valence-corrected chi connectivity index (χ2v) is 6.80. The van der Waals surface area contributed by atoms with E-state index in [1.807, 2.05) is 53.6 Å². The standard InChI is InChI=1S/C20H21NO2S/c1-16-9-11-18(12-10-16)23-15-20(22)21(14-19-8-5-13-24-19)17-6-3-2-4-7-17/h3,5-13H,2,4,14-15H2,1H3. The van der Waals surface area contributed by atoms with Crippen molar-refractivity contribution in [1.82, 2.24) is 4.90 Å². The summed E-state index contributed by atoms with van der Waals surface area (Å²) in [6.45, 7) is 2.66. The minimum absolute atomic E-state index is 0.0261. The highest BCUT2D eigenvalue weighted by atomic mass is 32.1. The first-order chi connectivity index (χ1) is 11.7. The van der Waals surface area contributed by atoms with Crippen LogP contribution in [0.3, 0.4) is 0 Å². The number of hydrogen-bond acceptors (Lipinski definition) is 3. The summed E-state index contributed by atoms with van der Waals surface area (Å²) in [4.78, 5) is 15.7. The summed E-state index contributed by atoms with van der Waals surface area (Å²) in [5.74, 6) is 0.694. The topological polar surface area (TPSA) is 29.5 Å². The highest BCUT2D eigenvalue weighted by molar-refractivity contribution is 7.09. The van der Waals surface area contributed by atoms with Gasteiger partial charge < -0.3 is 9.64 Å². The molecule has 1 aliphatic carbocycles. The zero-order chi connectivity index (χ0) is 16.8. The Labute approximate surface area is 146 Å². The smallest absolute Gasteiger partial charge is 0.265 e. The largest absolute Gasteiger partial charge is 0.484 e. The fourth-order valence-corrected chi connectivity index (χ4v) is 3.23. The highest BCUT2D eigenvalue weighted by Gasteiger charge is 2.19. The van der Waals surface area contributed by atoms with Crippen molar-refractivity contribution in [3.63, 3.8) is 0 Å². The summed E-state index contributed by atoms with van der Waals surface area (Å²) < 4.78 is 5.67. The Morgan fingerprint density at radius 1 is 1.21 bits per heavy atom. The van der Waals surface area contributed by atoms with E-state index in [1.54, 1.807) is 11.3 Å². The molecule has 24 heavy (non-hydrogen) atoms. The van der Waals surface area contributed by atoms with E-state index in [9.17, 15) is 4.79 Å². The number of allylic oxidation sites excluding steroid dienone is 3. The molecule has 4 heteroatoms. The van der Waals surface area contributed by atoms with E-state index < -0.39 is 0 Å². The number of thiophene rings is 1. The third kappa shape index (κ3) is 4.36. The first-order valence-electron chi connectivity index (χ1n) is 8.11. The molecule has 124 valence electrons. The van der Waals surface area contributed by atoms with E-state index in [-0.39, 0.29) is 12.5 Å². The van der Waals surface area contributed by atoms with Crippen molar-refractivity contribution in [2.45, 2.75) is 26.3 Å². The Morgan fingerprint density at radius 3 is 2.71 bits per heavy atom. The maximum Gasteiger partial charge on any atom is 0.265 e. The van der Waals surface area contributed by atoms with E-state index in [0.29, 0.717) is 6.54 Å². The molecule has 1 aliphatic rings. The van der Waals surface area contributed by atoms with Gasteiger partial charge >= 0.3 is 0 Å². The third-order valence-corrected chi connectivity index (χ3v) is 4.73. The number of amides is 1. The van der Waals surface area contributed by atoms with Crippen molar-refractivity contribution < 1.29 is 9.53 Å². The quantitative estimate of drug-likeness (QED) is 0.763. The molecule has 0 saturated carbocycles. The summed E-state index contributed by atoms with van der Waals surface area (Å²) in [7, 11) is 0. The van der Waals surface area contributed by atoms with E-state index in [2.05, 4.69) is 18.2 Å². The number of hydrogen-bond donors (Lipinski definition) is 0. The van der Waals surface area contributed by atoms with Crippen molar-refractivity contribution in [1.29, 1.82) is 0 Å². The van der Waals surface area contributed by atoms with E-state index in [1.165, 1.54) is 10.4 Å². The summed E-state index contributed by atoms with van der Waals surface area (Å²) in [6.07, 6.45) is 8.27. The first kappa shape index (κ1) is 16.5. The minimum atomic E-state index is -0.0261. The van der Waals surface area contributed by atoms with Crippen LogP contribution in [-0.4, -0.2) is 17.4 Å². The van der Waals surface area contributed by atoms with Crippen molar-refractivity contribution >= 4 is 17.2 Å². The van der Waals surface area contributed by atoms with Crippen LogP contribution in [0.25, 0.3) is 0 Å². The lowest BCUT2D eigenvalue weighted by Crippen LogP contribution is -2.33. The van der Waals surface area contributed by atoms with Gasteiger partial charge in [0.05, 0.1) is 6.54 Å². The second kappa shape index (κ2) is 7.97. The average molecular weight is 339 g/mol. The van der Waals surface area contributed by atoms with Crippen LogP contribution >= 0.6 is 11.3 Å². The van der Waals surface area contributed by atoms with Gasteiger partial charge in [-0.3, -0.25) is 4.79 Å². The van der Waals surface area contributed by atoms with Crippen molar-refractivity contribution in [2.75, 3.05) is 6.61 Å². The van der Waals surface area contributed by atoms with Gasteiger partial charge in [-0.05, 0) is 49.4 Å². The molecule has 0 unspecified atom stereocenters. The van der Waals surface area contributed by atoms with Crippen molar-refractivity contribution in [3.8, 4) is 5.75 Å². The second-order valence-electron chi connectivity index (χ2n) is 5.77. The molecular formula is C20H21NO2S. The Bertz CT molecular complexity index is 730. The summed E-state index contributed by atoms with van der Waals surface area (Å²) in [6, 6.07) is 11.8. The molecule has 1 aromatic heterocycles. The van der Waals surface area contributed by atoms with E-state index in [0.717, 1.165) is 24.3 Å². The number of ether oxygens (including phenoxy) is 1. The Hall–Kier alpha value is -2.33. The van der Waals surface area contributed by atoms with Gasteiger partial charge in [0.1, 0.15) is 5.75 Å². The van der Waals surface area contributed by atoms with Crippen LogP contribution in [-0.2, 0) is 11.3 Å². The van der Waals surface area contributed by atoms with Gasteiger partial charge in [-0.15, -0.1) is 11.3 Å². The molecule has 0 radical (unpaired) electrons. The lowest BCUT2D eigenvalue weighted by atomic mass is 10.1. The third-order valence-electron chi connectivity index (χ3n) is 3.87. The Balaban J connectivity index is 1.69. The van der Waals surface area contributed by atoms with Crippen LogP contribution in [0.4, 0.5) is 0 Å². The van der Waals surface area contributed by atoms with Gasteiger partial charge in [-0.25, -0.2) is 0 Å². The molecule has 0 aliphatic heterocycles. The van der Waals surface area contributed by atoms with Crippen LogP contribution in [0, 0.1) is 6.92 Å². The van der Waals surface area contributed by atoms with Crippen LogP contribution in [0.1, 0.15) is 23.3 Å². The fraction of sp³-hybridized carbons (Fsp3) is 0.250. The molecule has 1 heterocycles. The Morgan fingerprint density at radius 2 is 2.04 bits per heavy atom. The number of benzene rings is 1. The zero-order valence-electron chi connectivity index (χ0n) is 13.8. The van der Waals surface area contributed by atoms with Crippen LogP contribution in [0.15, 0.2) is 65.7 Å². The maximum atomic E-state index is 12.7. The molecule has 0 fully saturated rings. The summed E-state index contributed by atoms with van der Waals surface area (Å²) in [5, 5.41) is 2.03. The van der Waals surface area contributed by atoms with Gasteiger partial charge in [0.2, 0.25) is 0 Å². The van der Waals surface area contributed by atoms with Crippen molar-refractivity contribution in [2.24, 2.45) is 0 Å². The van der Waals surface area contributed by atoms with E-state index >= 15 is 0 Å². The van der Waals surface area contributed by atoms with Crippen LogP contribution in [0.2, 0.25) is 0 Å². The first-order valence-corrected chi connectivity index (χ1v) is 8.99. The van der Waals surface area contributed by atoms with Gasteiger partial charge in [0, 0.05) is 10.6 Å². The molecular weight excluding hydrogens is 318 g/mol. The molecule has 0 spiro atoms. The normalized spacial score (nSPS) is 13.5. The predicted molar refractivity (Wildman–Crippen MR) is 98.0 cm³/mol. The van der Waals surface area contributed by atoms with Crippen LogP contribution in [0.5, 0.6) is 5.75 Å². The number of nitrogens with zero attached hydrogens (tertiary/aromatic N) is 1. The van der Waals surface area contributed by atoms with Gasteiger partial charge in [-0.1, -0.05) is 35.9 Å². The number of aryl methyl sites for hydroxylation is 1.